The van der Waals surface area contributed by atoms with Gasteiger partial charge in [0.25, 0.3) is 5.91 Å². The quantitative estimate of drug-likeness (QED) is 0.771. The lowest BCUT2D eigenvalue weighted by Crippen LogP contribution is -2.46. The van der Waals surface area contributed by atoms with E-state index in [1.165, 1.54) is 0 Å². The average molecular weight is 355 g/mol. The van der Waals surface area contributed by atoms with E-state index in [1.54, 1.807) is 6.20 Å². The second kappa shape index (κ2) is 7.45. The number of piperidine rings is 1. The van der Waals surface area contributed by atoms with Gasteiger partial charge >= 0.3 is 0 Å². The molecule has 0 aliphatic carbocycles. The van der Waals surface area contributed by atoms with Gasteiger partial charge in [0.05, 0.1) is 23.3 Å². The van der Waals surface area contributed by atoms with Crippen LogP contribution in [0.15, 0.2) is 24.4 Å². The van der Waals surface area contributed by atoms with Crippen molar-refractivity contribution >= 4 is 22.7 Å². The maximum absolute atomic E-state index is 13.0. The lowest BCUT2D eigenvalue weighted by atomic mass is 9.97. The minimum Gasteiger partial charge on any atom is -0.354 e. The van der Waals surface area contributed by atoms with E-state index in [9.17, 15) is 9.59 Å². The molecule has 3 heterocycles. The minimum atomic E-state index is -0.0469. The van der Waals surface area contributed by atoms with E-state index >= 15 is 0 Å². The molecule has 2 saturated heterocycles. The number of carbonyl (C=O) groups is 2. The van der Waals surface area contributed by atoms with Gasteiger partial charge < -0.3 is 15.5 Å². The van der Waals surface area contributed by atoms with Crippen LogP contribution in [0.3, 0.4) is 0 Å². The van der Waals surface area contributed by atoms with Crippen molar-refractivity contribution in [2.75, 3.05) is 26.2 Å². The lowest BCUT2D eigenvalue weighted by Gasteiger charge is -2.33. The van der Waals surface area contributed by atoms with Crippen molar-refractivity contribution in [1.82, 2.24) is 25.7 Å². The smallest absolute Gasteiger partial charge is 0.256 e. The van der Waals surface area contributed by atoms with Crippen molar-refractivity contribution in [2.45, 2.75) is 31.7 Å². The summed E-state index contributed by atoms with van der Waals surface area (Å²) < 4.78 is 0. The molecule has 2 aliphatic rings. The molecule has 0 saturated carbocycles. The van der Waals surface area contributed by atoms with Crippen molar-refractivity contribution in [3.05, 3.63) is 30.0 Å². The van der Waals surface area contributed by atoms with Crippen molar-refractivity contribution in [3.8, 4) is 0 Å². The van der Waals surface area contributed by atoms with Gasteiger partial charge in [-0.2, -0.15) is 5.10 Å². The Morgan fingerprint density at radius 1 is 1.27 bits per heavy atom. The summed E-state index contributed by atoms with van der Waals surface area (Å²) in [6.07, 6.45) is 5.71. The van der Waals surface area contributed by atoms with Gasteiger partial charge in [0, 0.05) is 25.0 Å². The number of aromatic amines is 1. The molecule has 0 radical (unpaired) electrons. The largest absolute Gasteiger partial charge is 0.354 e. The highest BCUT2D eigenvalue weighted by Crippen LogP contribution is 2.22. The second-order valence-electron chi connectivity index (χ2n) is 7.29. The molecule has 1 aromatic heterocycles. The van der Waals surface area contributed by atoms with Gasteiger partial charge in [-0.3, -0.25) is 14.7 Å². The summed E-state index contributed by atoms with van der Waals surface area (Å²) in [5.74, 6) is 0.431. The number of fused-ring (bicyclic) bond motifs is 1. The molecule has 0 spiro atoms. The Bertz CT molecular complexity index is 796. The summed E-state index contributed by atoms with van der Waals surface area (Å²) in [7, 11) is 0. The molecule has 2 unspecified atom stereocenters. The summed E-state index contributed by atoms with van der Waals surface area (Å²) in [5, 5.41) is 14.2. The van der Waals surface area contributed by atoms with Crippen molar-refractivity contribution in [1.29, 1.82) is 0 Å². The van der Waals surface area contributed by atoms with Crippen LogP contribution in [0.2, 0.25) is 0 Å². The van der Waals surface area contributed by atoms with Crippen molar-refractivity contribution in [3.63, 3.8) is 0 Å². The van der Waals surface area contributed by atoms with Gasteiger partial charge in [0.2, 0.25) is 5.91 Å². The van der Waals surface area contributed by atoms with Gasteiger partial charge in [0.1, 0.15) is 0 Å². The highest BCUT2D eigenvalue weighted by molar-refractivity contribution is 6.05. The first kappa shape index (κ1) is 17.0. The van der Waals surface area contributed by atoms with E-state index in [0.717, 1.165) is 49.7 Å². The number of nitrogens with one attached hydrogen (secondary N) is 3. The fourth-order valence-electron chi connectivity index (χ4n) is 4.01. The molecule has 1 aromatic carbocycles. The van der Waals surface area contributed by atoms with Gasteiger partial charge in [-0.15, -0.1) is 0 Å². The van der Waals surface area contributed by atoms with E-state index < -0.39 is 0 Å². The number of hydrogen-bond donors (Lipinski definition) is 3. The fraction of sp³-hybridized carbons (Fsp3) is 0.526. The van der Waals surface area contributed by atoms with Gasteiger partial charge in [-0.05, 0) is 44.2 Å². The third-order valence-corrected chi connectivity index (χ3v) is 5.46. The molecule has 0 bridgehead atoms. The van der Waals surface area contributed by atoms with Gasteiger partial charge in [0.15, 0.2) is 0 Å². The normalized spacial score (nSPS) is 23.3. The first-order valence-electron chi connectivity index (χ1n) is 9.45. The van der Waals surface area contributed by atoms with E-state index in [4.69, 9.17) is 0 Å². The summed E-state index contributed by atoms with van der Waals surface area (Å²) in [6, 6.07) is 5.64. The van der Waals surface area contributed by atoms with Crippen molar-refractivity contribution in [2.24, 2.45) is 5.92 Å². The average Bonchev–Trinajstić information content (AvgIpc) is 3.37. The first-order chi connectivity index (χ1) is 12.7. The van der Waals surface area contributed by atoms with Crippen LogP contribution in [-0.2, 0) is 4.79 Å². The Kier molecular flexibility index (Phi) is 4.88. The molecule has 26 heavy (non-hydrogen) atoms. The zero-order chi connectivity index (χ0) is 17.9. The minimum absolute atomic E-state index is 0.0355. The Labute approximate surface area is 152 Å². The Morgan fingerprint density at radius 3 is 3.04 bits per heavy atom. The molecule has 2 atom stereocenters. The summed E-state index contributed by atoms with van der Waals surface area (Å²) in [5.41, 5.74) is 1.46. The third-order valence-electron chi connectivity index (χ3n) is 5.46. The predicted molar refractivity (Wildman–Crippen MR) is 98.8 cm³/mol. The van der Waals surface area contributed by atoms with Crippen LogP contribution in [0.5, 0.6) is 0 Å². The van der Waals surface area contributed by atoms with E-state index in [1.807, 2.05) is 23.1 Å². The molecule has 2 fully saturated rings. The highest BCUT2D eigenvalue weighted by atomic mass is 16.2. The first-order valence-corrected chi connectivity index (χ1v) is 9.45. The van der Waals surface area contributed by atoms with E-state index in [0.29, 0.717) is 24.6 Å². The Hall–Kier alpha value is -2.41. The number of benzene rings is 1. The summed E-state index contributed by atoms with van der Waals surface area (Å²) >= 11 is 0. The van der Waals surface area contributed by atoms with Gasteiger partial charge in [-0.1, -0.05) is 12.1 Å². The monoisotopic (exact) mass is 355 g/mol. The van der Waals surface area contributed by atoms with Crippen LogP contribution >= 0.6 is 0 Å². The van der Waals surface area contributed by atoms with Gasteiger partial charge in [-0.25, -0.2) is 0 Å². The highest BCUT2D eigenvalue weighted by Gasteiger charge is 2.27. The molecule has 2 aliphatic heterocycles. The predicted octanol–water partition coefficient (Wildman–Crippen LogP) is 1.28. The topological polar surface area (TPSA) is 90.1 Å². The number of carbonyl (C=O) groups excluding carboxylic acids is 2. The maximum atomic E-state index is 13.0. The molecule has 3 N–H and O–H groups in total. The summed E-state index contributed by atoms with van der Waals surface area (Å²) in [6.45, 7) is 3.00. The maximum Gasteiger partial charge on any atom is 0.256 e. The van der Waals surface area contributed by atoms with Crippen LogP contribution in [0, 0.1) is 5.92 Å². The Balaban J connectivity index is 1.38. The molecule has 138 valence electrons. The molecule has 2 aromatic rings. The zero-order valence-corrected chi connectivity index (χ0v) is 14.8. The molecule has 4 rings (SSSR count). The van der Waals surface area contributed by atoms with Crippen LogP contribution in [0.25, 0.3) is 10.9 Å². The Morgan fingerprint density at radius 2 is 2.19 bits per heavy atom. The zero-order valence-electron chi connectivity index (χ0n) is 14.8. The van der Waals surface area contributed by atoms with E-state index in [2.05, 4.69) is 20.8 Å². The third kappa shape index (κ3) is 3.44. The number of aromatic nitrogens is 2. The van der Waals surface area contributed by atoms with Crippen molar-refractivity contribution < 1.29 is 9.59 Å². The second-order valence-corrected chi connectivity index (χ2v) is 7.29. The SMILES string of the molecule is O=C(NCC1CCCN(C(=O)c2cccc3cn[nH]c23)C1)C1CCCN1. The number of hydrogen-bond acceptors (Lipinski definition) is 4. The molecule has 2 amide bonds. The molecular formula is C19H25N5O2. The van der Waals surface area contributed by atoms with Crippen LogP contribution < -0.4 is 10.6 Å². The number of nitrogens with zero attached hydrogens (tertiary/aromatic N) is 2. The fourth-order valence-corrected chi connectivity index (χ4v) is 4.01. The molecule has 7 heteroatoms. The van der Waals surface area contributed by atoms with Crippen LogP contribution in [-0.4, -0.2) is 59.1 Å². The van der Waals surface area contributed by atoms with E-state index in [-0.39, 0.29) is 17.9 Å². The van der Waals surface area contributed by atoms with Crippen LogP contribution in [0.4, 0.5) is 0 Å². The molecule has 7 nitrogen and oxygen atoms in total. The number of rotatable bonds is 4. The number of para-hydroxylation sites is 1. The standard InChI is InChI=1S/C19H25N5O2/c25-18(16-7-2-8-20-16)21-10-13-4-3-9-24(12-13)19(26)15-6-1-5-14-11-22-23-17(14)15/h1,5-6,11,13,16,20H,2-4,7-10,12H2,(H,21,25)(H,22,23). The molecular weight excluding hydrogens is 330 g/mol. The number of amides is 2. The lowest BCUT2D eigenvalue weighted by molar-refractivity contribution is -0.123. The number of likely N-dealkylation sites (tertiary alicyclic amines) is 1. The number of H-pyrrole nitrogens is 1. The summed E-state index contributed by atoms with van der Waals surface area (Å²) in [4.78, 5) is 27.1. The van der Waals surface area contributed by atoms with Crippen LogP contribution in [0.1, 0.15) is 36.0 Å².